The van der Waals surface area contributed by atoms with Crippen molar-refractivity contribution in [3.8, 4) is 0 Å². The Kier molecular flexibility index (Phi) is 1.93. The van der Waals surface area contributed by atoms with E-state index >= 15 is 0 Å². The summed E-state index contributed by atoms with van der Waals surface area (Å²) in [6, 6.07) is 2.93. The van der Waals surface area contributed by atoms with Crippen LogP contribution in [0.1, 0.15) is 36.6 Å². The molecule has 0 N–H and O–H groups in total. The topological polar surface area (TPSA) is 17.3 Å². The summed E-state index contributed by atoms with van der Waals surface area (Å²) in [5.74, 6) is 0. The number of hydrogen-bond acceptors (Lipinski definition) is 1. The zero-order valence-electron chi connectivity index (χ0n) is 8.32. The molecule has 0 saturated heterocycles. The van der Waals surface area contributed by atoms with Crippen molar-refractivity contribution in [3.63, 3.8) is 0 Å². The highest BCUT2D eigenvalue weighted by Gasteiger charge is 2.20. The zero-order valence-corrected chi connectivity index (χ0v) is 8.32. The Bertz CT molecular complexity index is 356. The second kappa shape index (κ2) is 3.26. The van der Waals surface area contributed by atoms with Crippen LogP contribution in [0.15, 0.2) is 17.3 Å². The summed E-state index contributed by atoms with van der Waals surface area (Å²) in [5.41, 5.74) is 2.84. The van der Waals surface area contributed by atoms with Gasteiger partial charge in [-0.15, -0.1) is 0 Å². The predicted molar refractivity (Wildman–Crippen MR) is 57.8 cm³/mol. The van der Waals surface area contributed by atoms with Gasteiger partial charge >= 0.3 is 0 Å². The van der Waals surface area contributed by atoms with Gasteiger partial charge in [-0.1, -0.05) is 0 Å². The molecule has 1 aliphatic carbocycles. The van der Waals surface area contributed by atoms with Gasteiger partial charge in [0.05, 0.1) is 0 Å². The van der Waals surface area contributed by atoms with Crippen LogP contribution in [-0.4, -0.2) is 17.3 Å². The first-order valence-electron chi connectivity index (χ1n) is 5.46. The molecule has 2 aliphatic rings. The smallest absolute Gasteiger partial charge is 0.0444 e. The second-order valence-electron chi connectivity index (χ2n) is 4.17. The zero-order chi connectivity index (χ0) is 9.38. The minimum Gasteiger partial charge on any atom is -0.348 e. The van der Waals surface area contributed by atoms with E-state index in [1.807, 2.05) is 6.21 Å². The van der Waals surface area contributed by atoms with Crippen LogP contribution in [0.4, 0.5) is 0 Å². The highest BCUT2D eigenvalue weighted by Crippen LogP contribution is 2.31. The van der Waals surface area contributed by atoms with E-state index in [9.17, 15) is 0 Å². The summed E-state index contributed by atoms with van der Waals surface area (Å²) in [6.07, 6.45) is 11.6. The average Bonchev–Trinajstić information content (AvgIpc) is 2.85. The summed E-state index contributed by atoms with van der Waals surface area (Å²) in [5, 5.41) is 0. The largest absolute Gasteiger partial charge is 0.348 e. The van der Waals surface area contributed by atoms with Crippen LogP contribution in [0, 0.1) is 6.42 Å². The summed E-state index contributed by atoms with van der Waals surface area (Å²) in [4.78, 5) is 4.31. The predicted octanol–water partition coefficient (Wildman–Crippen LogP) is 2.39. The molecule has 0 aromatic carbocycles. The maximum Gasteiger partial charge on any atom is 0.0444 e. The second-order valence-corrected chi connectivity index (χ2v) is 4.17. The van der Waals surface area contributed by atoms with E-state index in [-0.39, 0.29) is 0 Å². The Morgan fingerprint density at radius 2 is 2.43 bits per heavy atom. The first-order chi connectivity index (χ1) is 6.95. The van der Waals surface area contributed by atoms with E-state index in [4.69, 9.17) is 0 Å². The van der Waals surface area contributed by atoms with Crippen molar-refractivity contribution < 1.29 is 0 Å². The van der Waals surface area contributed by atoms with Crippen LogP contribution in [0.2, 0.25) is 0 Å². The highest BCUT2D eigenvalue weighted by atomic mass is 15.0. The number of nitrogens with zero attached hydrogens (tertiary/aromatic N) is 2. The van der Waals surface area contributed by atoms with Gasteiger partial charge < -0.3 is 4.57 Å². The third kappa shape index (κ3) is 1.21. The van der Waals surface area contributed by atoms with E-state index in [1.54, 1.807) is 0 Å². The standard InChI is InChI=1S/C12H15N2/c1-2-4-11(3-1)14-8-6-10-9-13-7-5-12(10)14/h1,6,8-9,11H,2-5,7H2. The lowest BCUT2D eigenvalue weighted by atomic mass is 10.1. The molecule has 0 amide bonds. The fourth-order valence-electron chi connectivity index (χ4n) is 2.55. The summed E-state index contributed by atoms with van der Waals surface area (Å²) in [7, 11) is 0. The molecule has 3 rings (SSSR count). The van der Waals surface area contributed by atoms with Gasteiger partial charge in [-0.25, -0.2) is 0 Å². The minimum atomic E-state index is 0.727. The number of rotatable bonds is 1. The summed E-state index contributed by atoms with van der Waals surface area (Å²) < 4.78 is 2.48. The third-order valence-electron chi connectivity index (χ3n) is 3.30. The lowest BCUT2D eigenvalue weighted by Crippen LogP contribution is -2.12. The molecule has 1 radical (unpaired) electrons. The third-order valence-corrected chi connectivity index (χ3v) is 3.30. The van der Waals surface area contributed by atoms with Gasteiger partial charge in [-0.3, -0.25) is 4.99 Å². The van der Waals surface area contributed by atoms with E-state index in [2.05, 4.69) is 28.2 Å². The monoisotopic (exact) mass is 187 g/mol. The molecule has 0 bridgehead atoms. The molecule has 2 nitrogen and oxygen atoms in total. The number of aromatic nitrogens is 1. The van der Waals surface area contributed by atoms with Crippen molar-refractivity contribution in [2.24, 2.45) is 4.99 Å². The molecule has 1 unspecified atom stereocenters. The van der Waals surface area contributed by atoms with Gasteiger partial charge in [0.15, 0.2) is 0 Å². The average molecular weight is 187 g/mol. The van der Waals surface area contributed by atoms with E-state index in [1.165, 1.54) is 30.5 Å². The van der Waals surface area contributed by atoms with Gasteiger partial charge in [0, 0.05) is 42.7 Å². The Morgan fingerprint density at radius 1 is 1.43 bits per heavy atom. The minimum absolute atomic E-state index is 0.727. The normalized spacial score (nSPS) is 21.4. The molecule has 1 atom stereocenters. The molecule has 1 saturated carbocycles. The summed E-state index contributed by atoms with van der Waals surface area (Å²) in [6.45, 7) is 0.966. The highest BCUT2D eigenvalue weighted by molar-refractivity contribution is 5.82. The van der Waals surface area contributed by atoms with Crippen LogP contribution < -0.4 is 0 Å². The molecule has 1 aromatic heterocycles. The quantitative estimate of drug-likeness (QED) is 0.642. The van der Waals surface area contributed by atoms with Crippen molar-refractivity contribution >= 4 is 6.21 Å². The molecule has 1 aromatic rings. The van der Waals surface area contributed by atoms with Crippen LogP contribution in [0.25, 0.3) is 0 Å². The van der Waals surface area contributed by atoms with Gasteiger partial charge in [0.2, 0.25) is 0 Å². The van der Waals surface area contributed by atoms with E-state index < -0.39 is 0 Å². The molecule has 2 heterocycles. The number of fused-ring (bicyclic) bond motifs is 1. The summed E-state index contributed by atoms with van der Waals surface area (Å²) >= 11 is 0. The molecular weight excluding hydrogens is 172 g/mol. The van der Waals surface area contributed by atoms with Gasteiger partial charge in [0.1, 0.15) is 0 Å². The molecule has 73 valence electrons. The van der Waals surface area contributed by atoms with Crippen molar-refractivity contribution in [2.75, 3.05) is 6.54 Å². The molecular formula is C12H15N2. The molecule has 2 heteroatoms. The van der Waals surface area contributed by atoms with Crippen molar-refractivity contribution in [1.29, 1.82) is 0 Å². The van der Waals surface area contributed by atoms with Gasteiger partial charge in [0.25, 0.3) is 0 Å². The fourth-order valence-corrected chi connectivity index (χ4v) is 2.55. The van der Waals surface area contributed by atoms with E-state index in [0.29, 0.717) is 0 Å². The maximum atomic E-state index is 4.31. The first-order valence-corrected chi connectivity index (χ1v) is 5.46. The van der Waals surface area contributed by atoms with Crippen LogP contribution in [0.3, 0.4) is 0 Å². The van der Waals surface area contributed by atoms with Crippen LogP contribution in [-0.2, 0) is 6.42 Å². The lowest BCUT2D eigenvalue weighted by Gasteiger charge is -2.17. The Labute approximate surface area is 84.7 Å². The fraction of sp³-hybridized carbons (Fsp3) is 0.500. The Balaban J connectivity index is 1.97. The van der Waals surface area contributed by atoms with Crippen molar-refractivity contribution in [2.45, 2.75) is 31.7 Å². The van der Waals surface area contributed by atoms with Crippen molar-refractivity contribution in [3.05, 3.63) is 29.9 Å². The number of hydrogen-bond donors (Lipinski definition) is 0. The molecule has 1 fully saturated rings. The van der Waals surface area contributed by atoms with Gasteiger partial charge in [-0.05, 0) is 31.7 Å². The molecule has 0 spiro atoms. The maximum absolute atomic E-state index is 4.31. The Morgan fingerprint density at radius 3 is 3.29 bits per heavy atom. The van der Waals surface area contributed by atoms with Crippen LogP contribution >= 0.6 is 0 Å². The number of aliphatic imine (C=N–C) groups is 1. The van der Waals surface area contributed by atoms with Crippen molar-refractivity contribution in [1.82, 2.24) is 4.57 Å². The Hall–Kier alpha value is -1.05. The van der Waals surface area contributed by atoms with E-state index in [0.717, 1.165) is 19.0 Å². The van der Waals surface area contributed by atoms with Gasteiger partial charge in [-0.2, -0.15) is 0 Å². The molecule has 1 aliphatic heterocycles. The lowest BCUT2D eigenvalue weighted by molar-refractivity contribution is 0.507. The SMILES string of the molecule is [CH]1CCC(n2ccc3c2CCN=C3)C1. The molecule has 14 heavy (non-hydrogen) atoms. The first kappa shape index (κ1) is 8.27. The van der Waals surface area contributed by atoms with Crippen LogP contribution in [0.5, 0.6) is 0 Å².